The first-order valence-electron chi connectivity index (χ1n) is 7.47. The predicted molar refractivity (Wildman–Crippen MR) is 86.1 cm³/mol. The van der Waals surface area contributed by atoms with Crippen molar-refractivity contribution in [3.05, 3.63) is 58.4 Å². The van der Waals surface area contributed by atoms with E-state index >= 15 is 0 Å². The molecule has 0 bridgehead atoms. The lowest BCUT2D eigenvalue weighted by molar-refractivity contribution is 0.322. The Morgan fingerprint density at radius 1 is 1.24 bits per heavy atom. The van der Waals surface area contributed by atoms with E-state index in [4.69, 9.17) is 4.74 Å². The van der Waals surface area contributed by atoms with Crippen LogP contribution in [0.25, 0.3) is 0 Å². The largest absolute Gasteiger partial charge is 0.474 e. The molecular weight excluding hydrogens is 260 g/mol. The monoisotopic (exact) mass is 282 g/mol. The summed E-state index contributed by atoms with van der Waals surface area (Å²) in [6.07, 6.45) is 2.10. The topological polar surface area (TPSA) is 26.5 Å². The number of nitrogens with zero attached hydrogens (tertiary/aromatic N) is 2. The van der Waals surface area contributed by atoms with Crippen LogP contribution in [0.1, 0.15) is 34.9 Å². The molecule has 1 aliphatic heterocycles. The van der Waals surface area contributed by atoms with Gasteiger partial charge in [-0.15, -0.1) is 0 Å². The minimum absolute atomic E-state index is 0.256. The summed E-state index contributed by atoms with van der Waals surface area (Å²) in [4.78, 5) is 4.57. The van der Waals surface area contributed by atoms with E-state index in [1.807, 2.05) is 0 Å². The first-order valence-corrected chi connectivity index (χ1v) is 7.47. The van der Waals surface area contributed by atoms with Gasteiger partial charge in [0.15, 0.2) is 0 Å². The molecule has 1 aliphatic rings. The Labute approximate surface area is 126 Å². The second-order valence-corrected chi connectivity index (χ2v) is 5.99. The molecule has 2 heterocycles. The van der Waals surface area contributed by atoms with Crippen LogP contribution in [0.5, 0.6) is 0 Å². The van der Waals surface area contributed by atoms with E-state index in [0.29, 0.717) is 6.61 Å². The zero-order chi connectivity index (χ0) is 15.0. The molecule has 21 heavy (non-hydrogen) atoms. The molecule has 0 aliphatic carbocycles. The molecule has 0 unspecified atom stereocenters. The highest BCUT2D eigenvalue weighted by atomic mass is 16.5. The molecule has 1 atom stereocenters. The Bertz CT molecular complexity index is 674. The number of ether oxygens (including phenoxy) is 1. The zero-order valence-corrected chi connectivity index (χ0v) is 13.2. The van der Waals surface area contributed by atoms with Gasteiger partial charge in [0, 0.05) is 12.7 Å². The molecule has 1 aromatic carbocycles. The lowest BCUT2D eigenvalue weighted by Gasteiger charge is -2.14. The summed E-state index contributed by atoms with van der Waals surface area (Å²) in [5.74, 6) is 0.773. The van der Waals surface area contributed by atoms with Crippen LogP contribution in [0.2, 0.25) is 0 Å². The summed E-state index contributed by atoms with van der Waals surface area (Å²) < 4.78 is 7.92. The van der Waals surface area contributed by atoms with Gasteiger partial charge in [-0.05, 0) is 56.5 Å². The van der Waals surface area contributed by atoms with Crippen molar-refractivity contribution in [1.29, 1.82) is 0 Å². The molecule has 3 nitrogen and oxygen atoms in total. The van der Waals surface area contributed by atoms with Crippen LogP contribution >= 0.6 is 0 Å². The van der Waals surface area contributed by atoms with Crippen molar-refractivity contribution in [2.45, 2.75) is 40.3 Å². The van der Waals surface area contributed by atoms with Gasteiger partial charge in [-0.3, -0.25) is 0 Å². The minimum Gasteiger partial charge on any atom is -0.474 e. The number of hydrogen-bond donors (Lipinski definition) is 0. The molecule has 1 aromatic heterocycles. The van der Waals surface area contributed by atoms with Gasteiger partial charge >= 0.3 is 0 Å². The Kier molecular flexibility index (Phi) is 3.58. The fourth-order valence-electron chi connectivity index (χ4n) is 2.99. The van der Waals surface area contributed by atoms with Crippen molar-refractivity contribution in [3.8, 4) is 0 Å². The third-order valence-electron chi connectivity index (χ3n) is 4.02. The Morgan fingerprint density at radius 2 is 1.95 bits per heavy atom. The first-order chi connectivity index (χ1) is 10.0. The third kappa shape index (κ3) is 2.73. The number of aliphatic imine (C=N–C) groups is 1. The van der Waals surface area contributed by atoms with Gasteiger partial charge in [0.2, 0.25) is 5.90 Å². The van der Waals surface area contributed by atoms with Gasteiger partial charge in [-0.1, -0.05) is 17.7 Å². The maximum atomic E-state index is 5.70. The van der Waals surface area contributed by atoms with Gasteiger partial charge < -0.3 is 9.30 Å². The lowest BCUT2D eigenvalue weighted by atomic mass is 10.00. The number of hydrogen-bond acceptors (Lipinski definition) is 2. The van der Waals surface area contributed by atoms with Crippen molar-refractivity contribution in [2.24, 2.45) is 4.99 Å². The summed E-state index contributed by atoms with van der Waals surface area (Å²) in [5.41, 5.74) is 6.45. The molecule has 0 spiro atoms. The Balaban J connectivity index is 1.94. The van der Waals surface area contributed by atoms with Crippen LogP contribution in [0.3, 0.4) is 0 Å². The number of aromatic nitrogens is 1. The predicted octanol–water partition coefficient (Wildman–Crippen LogP) is 3.63. The molecule has 2 aromatic rings. The van der Waals surface area contributed by atoms with Crippen molar-refractivity contribution in [1.82, 2.24) is 4.57 Å². The van der Waals surface area contributed by atoms with E-state index in [1.165, 1.54) is 22.3 Å². The van der Waals surface area contributed by atoms with Crippen molar-refractivity contribution < 1.29 is 4.74 Å². The summed E-state index contributed by atoms with van der Waals surface area (Å²) in [6.45, 7) is 10.1. The van der Waals surface area contributed by atoms with Crippen LogP contribution < -0.4 is 0 Å². The fourth-order valence-corrected chi connectivity index (χ4v) is 2.99. The molecule has 110 valence electrons. The summed E-state index contributed by atoms with van der Waals surface area (Å²) in [7, 11) is 0. The Hall–Kier alpha value is -2.03. The highest BCUT2D eigenvalue weighted by molar-refractivity contribution is 5.93. The van der Waals surface area contributed by atoms with E-state index < -0.39 is 0 Å². The van der Waals surface area contributed by atoms with Gasteiger partial charge in [0.05, 0.1) is 6.04 Å². The molecule has 0 radical (unpaired) electrons. The van der Waals surface area contributed by atoms with E-state index in [2.05, 4.69) is 67.7 Å². The molecule has 0 N–H and O–H groups in total. The normalized spacial score (nSPS) is 17.7. The average molecular weight is 282 g/mol. The highest BCUT2D eigenvalue weighted by Gasteiger charge is 2.19. The van der Waals surface area contributed by atoms with Gasteiger partial charge in [-0.2, -0.15) is 0 Å². The van der Waals surface area contributed by atoms with Crippen LogP contribution in [0, 0.1) is 20.8 Å². The zero-order valence-electron chi connectivity index (χ0n) is 13.2. The smallest absolute Gasteiger partial charge is 0.233 e. The second kappa shape index (κ2) is 5.40. The molecular formula is C18H22N2O. The molecule has 0 fully saturated rings. The van der Waals surface area contributed by atoms with Gasteiger partial charge in [-0.25, -0.2) is 4.99 Å². The highest BCUT2D eigenvalue weighted by Crippen LogP contribution is 2.20. The van der Waals surface area contributed by atoms with Gasteiger partial charge in [0.25, 0.3) is 0 Å². The molecule has 3 heteroatoms. The molecule has 0 saturated heterocycles. The van der Waals surface area contributed by atoms with Crippen molar-refractivity contribution in [2.75, 3.05) is 6.61 Å². The van der Waals surface area contributed by atoms with E-state index in [0.717, 1.165) is 18.1 Å². The maximum Gasteiger partial charge on any atom is 0.233 e. The SMILES string of the molecule is Cc1cc(C)c(Cn2cccc2C2=N[C@H](C)CO2)c(C)c1. The van der Waals surface area contributed by atoms with Crippen LogP contribution in [0.4, 0.5) is 0 Å². The fraction of sp³-hybridized carbons (Fsp3) is 0.389. The van der Waals surface area contributed by atoms with E-state index in [1.54, 1.807) is 0 Å². The Morgan fingerprint density at radius 3 is 2.57 bits per heavy atom. The summed E-state index contributed by atoms with van der Waals surface area (Å²) in [5, 5.41) is 0. The van der Waals surface area contributed by atoms with Crippen LogP contribution in [-0.2, 0) is 11.3 Å². The van der Waals surface area contributed by atoms with Crippen LogP contribution in [-0.4, -0.2) is 23.1 Å². The molecule has 3 rings (SSSR count). The molecule has 0 amide bonds. The summed E-state index contributed by atoms with van der Waals surface area (Å²) >= 11 is 0. The quantitative estimate of drug-likeness (QED) is 0.844. The number of rotatable bonds is 3. The standard InChI is InChI=1S/C18H22N2O/c1-12-8-13(2)16(14(3)9-12)10-20-7-5-6-17(20)18-19-15(4)11-21-18/h5-9,15H,10-11H2,1-4H3/t15-/m1/s1. The average Bonchev–Trinajstić information content (AvgIpc) is 3.02. The van der Waals surface area contributed by atoms with Gasteiger partial charge in [0.1, 0.15) is 12.3 Å². The molecule has 0 saturated carbocycles. The number of benzene rings is 1. The van der Waals surface area contributed by atoms with Crippen molar-refractivity contribution >= 4 is 5.90 Å². The minimum atomic E-state index is 0.256. The van der Waals surface area contributed by atoms with Crippen molar-refractivity contribution in [3.63, 3.8) is 0 Å². The third-order valence-corrected chi connectivity index (χ3v) is 4.02. The van der Waals surface area contributed by atoms with Crippen LogP contribution in [0.15, 0.2) is 35.5 Å². The first kappa shape index (κ1) is 13.9. The van der Waals surface area contributed by atoms with E-state index in [-0.39, 0.29) is 6.04 Å². The summed E-state index contributed by atoms with van der Waals surface area (Å²) in [6, 6.07) is 8.89. The maximum absolute atomic E-state index is 5.70. The number of aryl methyl sites for hydroxylation is 3. The van der Waals surface area contributed by atoms with E-state index in [9.17, 15) is 0 Å². The second-order valence-electron chi connectivity index (χ2n) is 5.99. The lowest BCUT2D eigenvalue weighted by Crippen LogP contribution is -2.12.